The topological polar surface area (TPSA) is 41.5 Å². The lowest BCUT2D eigenvalue weighted by Crippen LogP contribution is -2.31. The van der Waals surface area contributed by atoms with Crippen molar-refractivity contribution in [1.82, 2.24) is 5.32 Å². The minimum Gasteiger partial charge on any atom is -0.394 e. The predicted octanol–water partition coefficient (Wildman–Crippen LogP) is 1.98. The quantitative estimate of drug-likeness (QED) is 0.722. The van der Waals surface area contributed by atoms with Crippen molar-refractivity contribution in [3.05, 3.63) is 34.3 Å². The number of rotatable bonds is 8. The number of hydrogen-bond acceptors (Lipinski definition) is 3. The van der Waals surface area contributed by atoms with Gasteiger partial charge < -0.3 is 15.2 Å². The Hall–Kier alpha value is -0.420. The van der Waals surface area contributed by atoms with Gasteiger partial charge in [-0.25, -0.2) is 0 Å². The molecule has 0 saturated carbocycles. The molecule has 0 fully saturated rings. The maximum absolute atomic E-state index is 8.54. The number of aliphatic hydroxyl groups is 1. The molecule has 1 aromatic carbocycles. The van der Waals surface area contributed by atoms with Gasteiger partial charge in [-0.3, -0.25) is 0 Å². The van der Waals surface area contributed by atoms with Crippen LogP contribution in [0.15, 0.2) is 28.7 Å². The molecule has 1 unspecified atom stereocenters. The third-order valence-corrected chi connectivity index (χ3v) is 2.96. The molecule has 0 saturated heterocycles. The molecule has 1 rings (SSSR count). The van der Waals surface area contributed by atoms with Crippen LogP contribution >= 0.6 is 15.9 Å². The highest BCUT2D eigenvalue weighted by molar-refractivity contribution is 9.10. The molecule has 0 spiro atoms. The van der Waals surface area contributed by atoms with Gasteiger partial charge in [0.05, 0.1) is 19.8 Å². The molecule has 0 aromatic heterocycles. The molecule has 1 atom stereocenters. The summed E-state index contributed by atoms with van der Waals surface area (Å²) in [4.78, 5) is 0. The summed E-state index contributed by atoms with van der Waals surface area (Å²) in [6.07, 6.45) is 1.01. The monoisotopic (exact) mass is 301 g/mol. The fourth-order valence-electron chi connectivity index (χ4n) is 1.59. The second-order valence-corrected chi connectivity index (χ2v) is 4.94. The lowest BCUT2D eigenvalue weighted by molar-refractivity contribution is 0.0928. The molecule has 4 heteroatoms. The Morgan fingerprint density at radius 3 is 2.65 bits per heavy atom. The Morgan fingerprint density at radius 1 is 1.29 bits per heavy atom. The van der Waals surface area contributed by atoms with Crippen LogP contribution in [0.4, 0.5) is 0 Å². The van der Waals surface area contributed by atoms with Crippen molar-refractivity contribution in [2.75, 3.05) is 26.4 Å². The van der Waals surface area contributed by atoms with Gasteiger partial charge in [-0.15, -0.1) is 0 Å². The standard InChI is InChI=1S/C13H20BrNO2/c1-11(15-6-8-17-9-7-16)10-12-2-4-13(14)5-3-12/h2-5,11,15-16H,6-10H2,1H3. The van der Waals surface area contributed by atoms with Gasteiger partial charge in [0, 0.05) is 17.1 Å². The summed E-state index contributed by atoms with van der Waals surface area (Å²) in [5.74, 6) is 0. The summed E-state index contributed by atoms with van der Waals surface area (Å²) in [6.45, 7) is 4.13. The van der Waals surface area contributed by atoms with Crippen molar-refractivity contribution >= 4 is 15.9 Å². The minimum absolute atomic E-state index is 0.0917. The first-order valence-corrected chi connectivity index (χ1v) is 6.68. The first kappa shape index (κ1) is 14.6. The highest BCUT2D eigenvalue weighted by Gasteiger charge is 2.02. The lowest BCUT2D eigenvalue weighted by Gasteiger charge is -2.13. The molecular weight excluding hydrogens is 282 g/mol. The molecule has 0 heterocycles. The Morgan fingerprint density at radius 2 is 2.00 bits per heavy atom. The van der Waals surface area contributed by atoms with Gasteiger partial charge in [0.25, 0.3) is 0 Å². The van der Waals surface area contributed by atoms with E-state index in [1.54, 1.807) is 0 Å². The van der Waals surface area contributed by atoms with E-state index in [2.05, 4.69) is 52.4 Å². The number of ether oxygens (including phenoxy) is 1. The molecule has 0 aliphatic carbocycles. The first-order valence-electron chi connectivity index (χ1n) is 5.89. The van der Waals surface area contributed by atoms with E-state index in [9.17, 15) is 0 Å². The fraction of sp³-hybridized carbons (Fsp3) is 0.538. The van der Waals surface area contributed by atoms with Crippen LogP contribution in [0.5, 0.6) is 0 Å². The second kappa shape index (κ2) is 8.64. The average Bonchev–Trinajstić information content (AvgIpc) is 2.32. The number of nitrogens with one attached hydrogen (secondary N) is 1. The van der Waals surface area contributed by atoms with E-state index >= 15 is 0 Å². The molecule has 17 heavy (non-hydrogen) atoms. The zero-order chi connectivity index (χ0) is 12.5. The smallest absolute Gasteiger partial charge is 0.0698 e. The van der Waals surface area contributed by atoms with Gasteiger partial charge >= 0.3 is 0 Å². The van der Waals surface area contributed by atoms with Crippen molar-refractivity contribution in [3.63, 3.8) is 0 Å². The van der Waals surface area contributed by atoms with Crippen LogP contribution in [-0.4, -0.2) is 37.5 Å². The Kier molecular flexibility index (Phi) is 7.44. The van der Waals surface area contributed by atoms with Gasteiger partial charge in [0.2, 0.25) is 0 Å². The van der Waals surface area contributed by atoms with Gasteiger partial charge in [0.15, 0.2) is 0 Å². The molecule has 0 aliphatic rings. The molecule has 2 N–H and O–H groups in total. The van der Waals surface area contributed by atoms with E-state index in [0.29, 0.717) is 19.3 Å². The zero-order valence-electron chi connectivity index (χ0n) is 10.2. The first-order chi connectivity index (χ1) is 8.22. The predicted molar refractivity (Wildman–Crippen MR) is 73.2 cm³/mol. The Balaban J connectivity index is 2.16. The lowest BCUT2D eigenvalue weighted by atomic mass is 10.1. The van der Waals surface area contributed by atoms with Gasteiger partial charge in [0.1, 0.15) is 0 Å². The normalized spacial score (nSPS) is 12.6. The van der Waals surface area contributed by atoms with E-state index in [-0.39, 0.29) is 6.61 Å². The minimum atomic E-state index is 0.0917. The maximum Gasteiger partial charge on any atom is 0.0698 e. The van der Waals surface area contributed by atoms with E-state index < -0.39 is 0 Å². The van der Waals surface area contributed by atoms with Crippen LogP contribution in [0, 0.1) is 0 Å². The summed E-state index contributed by atoms with van der Waals surface area (Å²) < 4.78 is 6.29. The molecule has 1 aromatic rings. The number of halogens is 1. The number of aliphatic hydroxyl groups excluding tert-OH is 1. The van der Waals surface area contributed by atoms with Gasteiger partial charge in [-0.2, -0.15) is 0 Å². The molecule has 96 valence electrons. The molecule has 0 bridgehead atoms. The second-order valence-electron chi connectivity index (χ2n) is 4.02. The summed E-state index contributed by atoms with van der Waals surface area (Å²) in [5.41, 5.74) is 1.32. The van der Waals surface area contributed by atoms with Crippen LogP contribution in [-0.2, 0) is 11.2 Å². The van der Waals surface area contributed by atoms with Crippen molar-refractivity contribution in [3.8, 4) is 0 Å². The SMILES string of the molecule is CC(Cc1ccc(Br)cc1)NCCOCCO. The largest absolute Gasteiger partial charge is 0.394 e. The van der Waals surface area contributed by atoms with Crippen LogP contribution in [0.2, 0.25) is 0 Å². The van der Waals surface area contributed by atoms with Gasteiger partial charge in [-0.05, 0) is 31.0 Å². The van der Waals surface area contributed by atoms with Crippen LogP contribution in [0.1, 0.15) is 12.5 Å². The van der Waals surface area contributed by atoms with Crippen molar-refractivity contribution in [2.24, 2.45) is 0 Å². The Labute approximate surface area is 111 Å². The molecule has 0 radical (unpaired) electrons. The van der Waals surface area contributed by atoms with Gasteiger partial charge in [-0.1, -0.05) is 28.1 Å². The van der Waals surface area contributed by atoms with E-state index in [1.807, 2.05) is 0 Å². The number of benzene rings is 1. The fourth-order valence-corrected chi connectivity index (χ4v) is 1.85. The third-order valence-electron chi connectivity index (χ3n) is 2.43. The summed E-state index contributed by atoms with van der Waals surface area (Å²) in [5, 5.41) is 11.9. The van der Waals surface area contributed by atoms with E-state index in [0.717, 1.165) is 17.4 Å². The maximum atomic E-state index is 8.54. The highest BCUT2D eigenvalue weighted by atomic mass is 79.9. The zero-order valence-corrected chi connectivity index (χ0v) is 11.7. The summed E-state index contributed by atoms with van der Waals surface area (Å²) in [6, 6.07) is 8.81. The van der Waals surface area contributed by atoms with Crippen LogP contribution in [0.3, 0.4) is 0 Å². The van der Waals surface area contributed by atoms with Crippen molar-refractivity contribution < 1.29 is 9.84 Å². The average molecular weight is 302 g/mol. The van der Waals surface area contributed by atoms with Crippen molar-refractivity contribution in [1.29, 1.82) is 0 Å². The van der Waals surface area contributed by atoms with E-state index in [1.165, 1.54) is 5.56 Å². The number of hydrogen-bond donors (Lipinski definition) is 2. The molecular formula is C13H20BrNO2. The Bertz CT molecular complexity index is 303. The summed E-state index contributed by atoms with van der Waals surface area (Å²) in [7, 11) is 0. The van der Waals surface area contributed by atoms with Crippen LogP contribution in [0.25, 0.3) is 0 Å². The summed E-state index contributed by atoms with van der Waals surface area (Å²) >= 11 is 3.43. The molecule has 0 aliphatic heterocycles. The third kappa shape index (κ3) is 6.78. The van der Waals surface area contributed by atoms with Crippen molar-refractivity contribution in [2.45, 2.75) is 19.4 Å². The van der Waals surface area contributed by atoms with Crippen LogP contribution < -0.4 is 5.32 Å². The molecule has 3 nitrogen and oxygen atoms in total. The highest BCUT2D eigenvalue weighted by Crippen LogP contribution is 2.11. The molecule has 0 amide bonds. The van der Waals surface area contributed by atoms with E-state index in [4.69, 9.17) is 9.84 Å².